The fourth-order valence-corrected chi connectivity index (χ4v) is 2.31. The number of esters is 2. The molecule has 2 atom stereocenters. The van der Waals surface area contributed by atoms with Crippen LogP contribution in [0, 0.1) is 24.7 Å². The van der Waals surface area contributed by atoms with Crippen LogP contribution in [0.15, 0.2) is 60.7 Å². The quantitative estimate of drug-likeness (QED) is 0.485. The zero-order valence-corrected chi connectivity index (χ0v) is 14.6. The van der Waals surface area contributed by atoms with E-state index < -0.39 is 23.1 Å². The molecule has 0 amide bonds. The molecule has 0 aliphatic rings. The molecule has 0 saturated heterocycles. The predicted molar refractivity (Wildman–Crippen MR) is 97.4 cm³/mol. The molecule has 0 saturated carbocycles. The first kappa shape index (κ1) is 18.8. The highest BCUT2D eigenvalue weighted by Crippen LogP contribution is 2.27. The second kappa shape index (κ2) is 7.59. The van der Waals surface area contributed by atoms with Gasteiger partial charge < -0.3 is 9.47 Å². The molecule has 0 N–H and O–H groups in total. The van der Waals surface area contributed by atoms with Crippen LogP contribution in [0.5, 0.6) is 0 Å². The van der Waals surface area contributed by atoms with Gasteiger partial charge in [-0.05, 0) is 13.8 Å². The minimum atomic E-state index is -1.41. The van der Waals surface area contributed by atoms with Gasteiger partial charge in [-0.25, -0.2) is 9.59 Å². The average Bonchev–Trinajstić information content (AvgIpc) is 2.69. The van der Waals surface area contributed by atoms with E-state index in [0.717, 1.165) is 0 Å². The second-order valence-corrected chi connectivity index (χ2v) is 5.87. The maximum absolute atomic E-state index is 12.3. The normalized spacial score (nSPS) is 14.6. The van der Waals surface area contributed by atoms with Crippen LogP contribution in [-0.2, 0) is 30.3 Å². The number of hydrogen-bond acceptors (Lipinski definition) is 4. The molecule has 2 unspecified atom stereocenters. The van der Waals surface area contributed by atoms with E-state index in [0.29, 0.717) is 11.1 Å². The van der Waals surface area contributed by atoms with Gasteiger partial charge in [0.15, 0.2) is 11.2 Å². The first-order valence-corrected chi connectivity index (χ1v) is 7.87. The van der Waals surface area contributed by atoms with Crippen LogP contribution in [0.1, 0.15) is 25.0 Å². The summed E-state index contributed by atoms with van der Waals surface area (Å²) in [5.41, 5.74) is -1.69. The third kappa shape index (κ3) is 3.94. The molecule has 0 aromatic heterocycles. The van der Waals surface area contributed by atoms with Crippen LogP contribution in [0.3, 0.4) is 0 Å². The van der Waals surface area contributed by atoms with Crippen LogP contribution >= 0.6 is 0 Å². The lowest BCUT2D eigenvalue weighted by molar-refractivity contribution is -0.179. The maximum Gasteiger partial charge on any atom is 0.419 e. The summed E-state index contributed by atoms with van der Waals surface area (Å²) >= 11 is 0. The van der Waals surface area contributed by atoms with Gasteiger partial charge in [0.2, 0.25) is 0 Å². The van der Waals surface area contributed by atoms with Gasteiger partial charge in [-0.3, -0.25) is 0 Å². The Balaban J connectivity index is 2.18. The zero-order chi connectivity index (χ0) is 19.2. The summed E-state index contributed by atoms with van der Waals surface area (Å²) in [5, 5.41) is 0. The van der Waals surface area contributed by atoms with Gasteiger partial charge in [-0.1, -0.05) is 72.5 Å². The van der Waals surface area contributed by atoms with E-state index >= 15 is 0 Å². The summed E-state index contributed by atoms with van der Waals surface area (Å²) in [7, 11) is 0. The molecule has 2 aromatic carbocycles. The highest BCUT2D eigenvalue weighted by Gasteiger charge is 2.36. The summed E-state index contributed by atoms with van der Waals surface area (Å²) in [6.07, 6.45) is 11.0. The summed E-state index contributed by atoms with van der Waals surface area (Å²) in [6, 6.07) is 17.4. The van der Waals surface area contributed by atoms with Crippen molar-refractivity contribution in [2.45, 2.75) is 25.0 Å². The number of terminal acetylenes is 2. The molecule has 0 heterocycles. The molecule has 2 aromatic rings. The first-order chi connectivity index (χ1) is 12.3. The van der Waals surface area contributed by atoms with Crippen LogP contribution in [0.2, 0.25) is 0 Å². The number of hydrogen-bond donors (Lipinski definition) is 0. The minimum absolute atomic E-state index is 0.562. The van der Waals surface area contributed by atoms with E-state index in [1.54, 1.807) is 60.7 Å². The number of ether oxygens (including phenoxy) is 2. The van der Waals surface area contributed by atoms with Crippen molar-refractivity contribution >= 4 is 11.9 Å². The molecule has 0 aliphatic heterocycles. The standard InChI is InChI=1S/C22H18O4/c1-5-21(3,17-13-9-7-10-14-17)25-19(23)20(24)26-22(4,6-2)18-15-11-8-12-16-18/h1-2,7-16H,3-4H3. The predicted octanol–water partition coefficient (Wildman–Crippen LogP) is 3.17. The van der Waals surface area contributed by atoms with Crippen molar-refractivity contribution in [2.75, 3.05) is 0 Å². The molecule has 0 spiro atoms. The smallest absolute Gasteiger partial charge is 0.419 e. The maximum atomic E-state index is 12.3. The molecule has 4 nitrogen and oxygen atoms in total. The number of carbonyl (C=O) groups excluding carboxylic acids is 2. The van der Waals surface area contributed by atoms with Gasteiger partial charge >= 0.3 is 11.9 Å². The second-order valence-electron chi connectivity index (χ2n) is 5.87. The Kier molecular flexibility index (Phi) is 5.50. The van der Waals surface area contributed by atoms with Gasteiger partial charge in [-0.2, -0.15) is 0 Å². The van der Waals surface area contributed by atoms with Gasteiger partial charge in [-0.15, -0.1) is 12.8 Å². The van der Waals surface area contributed by atoms with Crippen LogP contribution < -0.4 is 0 Å². The minimum Gasteiger partial charge on any atom is -0.433 e. The number of carbonyl (C=O) groups is 2. The lowest BCUT2D eigenvalue weighted by Crippen LogP contribution is -2.36. The molecular formula is C22H18O4. The van der Waals surface area contributed by atoms with E-state index in [1.165, 1.54) is 13.8 Å². The van der Waals surface area contributed by atoms with Crippen molar-refractivity contribution in [1.82, 2.24) is 0 Å². The fraction of sp³-hybridized carbons (Fsp3) is 0.182. The SMILES string of the molecule is C#CC(C)(OC(=O)C(=O)OC(C)(C#C)c1ccccc1)c1ccccc1. The van der Waals surface area contributed by atoms with Crippen molar-refractivity contribution in [1.29, 1.82) is 0 Å². The molecule has 4 heteroatoms. The van der Waals surface area contributed by atoms with E-state index in [4.69, 9.17) is 22.3 Å². The number of rotatable bonds is 4. The van der Waals surface area contributed by atoms with Gasteiger partial charge in [0.1, 0.15) is 0 Å². The monoisotopic (exact) mass is 346 g/mol. The molecule has 0 bridgehead atoms. The van der Waals surface area contributed by atoms with Crippen molar-refractivity contribution in [2.24, 2.45) is 0 Å². The molecule has 2 rings (SSSR count). The highest BCUT2D eigenvalue weighted by atomic mass is 16.6. The summed E-state index contributed by atoms with van der Waals surface area (Å²) < 4.78 is 10.5. The largest absolute Gasteiger partial charge is 0.433 e. The average molecular weight is 346 g/mol. The Morgan fingerprint density at radius 2 is 1.04 bits per heavy atom. The Bertz CT molecular complexity index is 798. The number of benzene rings is 2. The van der Waals surface area contributed by atoms with E-state index in [9.17, 15) is 9.59 Å². The van der Waals surface area contributed by atoms with Gasteiger partial charge in [0.25, 0.3) is 0 Å². The van der Waals surface area contributed by atoms with E-state index in [2.05, 4.69) is 11.8 Å². The Hall–Kier alpha value is -3.50. The summed E-state index contributed by atoms with van der Waals surface area (Å²) in [4.78, 5) is 24.5. The highest BCUT2D eigenvalue weighted by molar-refractivity contribution is 6.30. The van der Waals surface area contributed by atoms with Crippen molar-refractivity contribution in [3.8, 4) is 24.7 Å². The Morgan fingerprint density at radius 1 is 0.731 bits per heavy atom. The van der Waals surface area contributed by atoms with Gasteiger partial charge in [0.05, 0.1) is 0 Å². The van der Waals surface area contributed by atoms with Crippen LogP contribution in [-0.4, -0.2) is 11.9 Å². The van der Waals surface area contributed by atoms with E-state index in [1.807, 2.05) is 0 Å². The lowest BCUT2D eigenvalue weighted by Gasteiger charge is -2.26. The summed E-state index contributed by atoms with van der Waals surface area (Å²) in [5.74, 6) is 2.36. The zero-order valence-electron chi connectivity index (χ0n) is 14.6. The Morgan fingerprint density at radius 3 is 1.31 bits per heavy atom. The molecule has 26 heavy (non-hydrogen) atoms. The first-order valence-electron chi connectivity index (χ1n) is 7.87. The van der Waals surface area contributed by atoms with Crippen molar-refractivity contribution in [3.63, 3.8) is 0 Å². The molecule has 0 radical (unpaired) electrons. The molecule has 0 aliphatic carbocycles. The van der Waals surface area contributed by atoms with E-state index in [-0.39, 0.29) is 0 Å². The topological polar surface area (TPSA) is 52.6 Å². The fourth-order valence-electron chi connectivity index (χ4n) is 2.31. The molecular weight excluding hydrogens is 328 g/mol. The third-order valence-electron chi connectivity index (χ3n) is 3.96. The van der Waals surface area contributed by atoms with Crippen molar-refractivity contribution in [3.05, 3.63) is 71.8 Å². The summed E-state index contributed by atoms with van der Waals surface area (Å²) in [6.45, 7) is 3.04. The lowest BCUT2D eigenvalue weighted by atomic mass is 9.96. The molecule has 130 valence electrons. The van der Waals surface area contributed by atoms with Crippen molar-refractivity contribution < 1.29 is 19.1 Å². The van der Waals surface area contributed by atoms with Gasteiger partial charge in [0, 0.05) is 11.1 Å². The Labute approximate surface area is 153 Å². The molecule has 0 fully saturated rings. The van der Waals surface area contributed by atoms with Crippen LogP contribution in [0.25, 0.3) is 0 Å². The van der Waals surface area contributed by atoms with Crippen LogP contribution in [0.4, 0.5) is 0 Å². The third-order valence-corrected chi connectivity index (χ3v) is 3.96.